The Morgan fingerprint density at radius 3 is 2.67 bits per heavy atom. The van der Waals surface area contributed by atoms with E-state index >= 15 is 0 Å². The van der Waals surface area contributed by atoms with Crippen LogP contribution in [0.1, 0.15) is 24.0 Å². The first kappa shape index (κ1) is 16.2. The molecule has 0 aliphatic heterocycles. The topological polar surface area (TPSA) is 70.2 Å². The number of benzene rings is 1. The highest BCUT2D eigenvalue weighted by atomic mass is 32.2. The van der Waals surface area contributed by atoms with Crippen LogP contribution in [-0.2, 0) is 10.0 Å². The fraction of sp³-hybridized carbons (Fsp3) is 0.500. The van der Waals surface area contributed by atoms with E-state index in [1.165, 1.54) is 0 Å². The molecule has 1 aliphatic rings. The Labute approximate surface area is 131 Å². The number of thiocarbonyl (C=S) groups is 1. The highest BCUT2D eigenvalue weighted by Crippen LogP contribution is 2.18. The number of rotatable bonds is 6. The van der Waals surface area contributed by atoms with E-state index in [1.807, 2.05) is 19.1 Å². The van der Waals surface area contributed by atoms with Crippen molar-refractivity contribution in [3.63, 3.8) is 0 Å². The van der Waals surface area contributed by atoms with Gasteiger partial charge in [0.1, 0.15) is 0 Å². The monoisotopic (exact) mass is 327 g/mol. The van der Waals surface area contributed by atoms with Crippen LogP contribution < -0.4 is 15.4 Å². The minimum atomic E-state index is -3.48. The van der Waals surface area contributed by atoms with Crippen molar-refractivity contribution in [1.82, 2.24) is 15.4 Å². The first-order chi connectivity index (χ1) is 9.88. The summed E-state index contributed by atoms with van der Waals surface area (Å²) in [5.41, 5.74) is 1.67. The van der Waals surface area contributed by atoms with Gasteiger partial charge in [-0.25, -0.2) is 13.1 Å². The van der Waals surface area contributed by atoms with E-state index in [-0.39, 0.29) is 0 Å². The summed E-state index contributed by atoms with van der Waals surface area (Å²) < 4.78 is 27.1. The lowest BCUT2D eigenvalue weighted by Gasteiger charge is -2.12. The van der Waals surface area contributed by atoms with Crippen LogP contribution in [0, 0.1) is 13.8 Å². The number of aryl methyl sites for hydroxylation is 2. The lowest BCUT2D eigenvalue weighted by Crippen LogP contribution is -2.40. The molecule has 1 aliphatic carbocycles. The fourth-order valence-electron chi connectivity index (χ4n) is 1.90. The Balaban J connectivity index is 1.83. The Kier molecular flexibility index (Phi) is 5.18. The molecule has 0 spiro atoms. The summed E-state index contributed by atoms with van der Waals surface area (Å²) in [6, 6.07) is 5.90. The van der Waals surface area contributed by atoms with Gasteiger partial charge in [0, 0.05) is 19.1 Å². The zero-order chi connectivity index (χ0) is 15.5. The highest BCUT2D eigenvalue weighted by molar-refractivity contribution is 7.89. The van der Waals surface area contributed by atoms with Gasteiger partial charge in [0.25, 0.3) is 0 Å². The van der Waals surface area contributed by atoms with Crippen molar-refractivity contribution < 1.29 is 8.42 Å². The summed E-state index contributed by atoms with van der Waals surface area (Å²) in [6.07, 6.45) is 2.31. The van der Waals surface area contributed by atoms with E-state index in [2.05, 4.69) is 15.4 Å². The molecule has 2 rings (SSSR count). The van der Waals surface area contributed by atoms with Crippen molar-refractivity contribution >= 4 is 27.4 Å². The van der Waals surface area contributed by atoms with E-state index < -0.39 is 10.0 Å². The first-order valence-corrected chi connectivity index (χ1v) is 8.89. The molecule has 3 N–H and O–H groups in total. The molecule has 0 saturated heterocycles. The SMILES string of the molecule is Cc1ccc(C)c(S(=O)(=O)NCCNC(=S)NC2CC2)c1. The van der Waals surface area contributed by atoms with Crippen molar-refractivity contribution in [2.24, 2.45) is 0 Å². The largest absolute Gasteiger partial charge is 0.361 e. The molecule has 5 nitrogen and oxygen atoms in total. The van der Waals surface area contributed by atoms with Gasteiger partial charge in [-0.3, -0.25) is 0 Å². The summed E-state index contributed by atoms with van der Waals surface area (Å²) in [4.78, 5) is 0.334. The van der Waals surface area contributed by atoms with Gasteiger partial charge in [-0.1, -0.05) is 12.1 Å². The Morgan fingerprint density at radius 1 is 1.29 bits per heavy atom. The molecule has 0 radical (unpaired) electrons. The quantitative estimate of drug-likeness (QED) is 0.541. The van der Waals surface area contributed by atoms with Crippen LogP contribution in [0.2, 0.25) is 0 Å². The predicted octanol–water partition coefficient (Wildman–Crippen LogP) is 1.21. The Morgan fingerprint density at radius 2 is 2.00 bits per heavy atom. The molecular formula is C14H21N3O2S2. The molecular weight excluding hydrogens is 306 g/mol. The minimum Gasteiger partial charge on any atom is -0.361 e. The molecule has 116 valence electrons. The highest BCUT2D eigenvalue weighted by Gasteiger charge is 2.21. The van der Waals surface area contributed by atoms with Crippen molar-refractivity contribution in [2.75, 3.05) is 13.1 Å². The summed E-state index contributed by atoms with van der Waals surface area (Å²) in [7, 11) is -3.48. The second kappa shape index (κ2) is 6.72. The van der Waals surface area contributed by atoms with Gasteiger partial charge in [0.05, 0.1) is 4.90 Å². The molecule has 21 heavy (non-hydrogen) atoms. The number of sulfonamides is 1. The maximum atomic E-state index is 12.3. The van der Waals surface area contributed by atoms with Gasteiger partial charge in [-0.05, 0) is 56.1 Å². The standard InChI is InChI=1S/C14H21N3O2S2/c1-10-3-4-11(2)13(9-10)21(18,19)16-8-7-15-14(20)17-12-5-6-12/h3-4,9,12,16H,5-8H2,1-2H3,(H2,15,17,20). The third-order valence-electron chi connectivity index (χ3n) is 3.25. The van der Waals surface area contributed by atoms with Crippen molar-refractivity contribution in [3.8, 4) is 0 Å². The molecule has 1 aromatic rings. The summed E-state index contributed by atoms with van der Waals surface area (Å²) in [5.74, 6) is 0. The summed E-state index contributed by atoms with van der Waals surface area (Å²) in [6.45, 7) is 4.42. The molecule has 1 fully saturated rings. The van der Waals surface area contributed by atoms with Crippen LogP contribution >= 0.6 is 12.2 Å². The summed E-state index contributed by atoms with van der Waals surface area (Å²) >= 11 is 5.11. The average molecular weight is 327 g/mol. The molecule has 0 heterocycles. The first-order valence-electron chi connectivity index (χ1n) is 7.00. The third-order valence-corrected chi connectivity index (χ3v) is 5.11. The van der Waals surface area contributed by atoms with E-state index in [4.69, 9.17) is 12.2 Å². The number of nitrogens with one attached hydrogen (secondary N) is 3. The number of hydrogen-bond acceptors (Lipinski definition) is 3. The fourth-order valence-corrected chi connectivity index (χ4v) is 3.53. The van der Waals surface area contributed by atoms with Crippen LogP contribution in [0.4, 0.5) is 0 Å². The predicted molar refractivity (Wildman–Crippen MR) is 87.9 cm³/mol. The van der Waals surface area contributed by atoms with Crippen LogP contribution in [0.3, 0.4) is 0 Å². The van der Waals surface area contributed by atoms with Crippen molar-refractivity contribution in [1.29, 1.82) is 0 Å². The molecule has 1 aromatic carbocycles. The summed E-state index contributed by atoms with van der Waals surface area (Å²) in [5, 5.41) is 6.73. The second-order valence-corrected chi connectivity index (χ2v) is 7.48. The molecule has 7 heteroatoms. The van der Waals surface area contributed by atoms with E-state index in [1.54, 1.807) is 13.0 Å². The zero-order valence-electron chi connectivity index (χ0n) is 12.3. The maximum Gasteiger partial charge on any atom is 0.240 e. The molecule has 0 bridgehead atoms. The number of hydrogen-bond donors (Lipinski definition) is 3. The van der Waals surface area contributed by atoms with Gasteiger partial charge in [0.2, 0.25) is 10.0 Å². The molecule has 0 aromatic heterocycles. The van der Waals surface area contributed by atoms with Crippen LogP contribution in [0.5, 0.6) is 0 Å². The third kappa shape index (κ3) is 4.94. The van der Waals surface area contributed by atoms with Gasteiger partial charge >= 0.3 is 0 Å². The van der Waals surface area contributed by atoms with Gasteiger partial charge in [-0.15, -0.1) is 0 Å². The van der Waals surface area contributed by atoms with E-state index in [0.717, 1.165) is 24.0 Å². The molecule has 0 amide bonds. The minimum absolute atomic E-state index is 0.294. The van der Waals surface area contributed by atoms with Crippen LogP contribution in [0.15, 0.2) is 23.1 Å². The Bertz CT molecular complexity index is 625. The van der Waals surface area contributed by atoms with Crippen molar-refractivity contribution in [3.05, 3.63) is 29.3 Å². The van der Waals surface area contributed by atoms with E-state index in [9.17, 15) is 8.42 Å². The molecule has 0 atom stereocenters. The molecule has 0 unspecified atom stereocenters. The van der Waals surface area contributed by atoms with E-state index in [0.29, 0.717) is 29.1 Å². The lowest BCUT2D eigenvalue weighted by molar-refractivity contribution is 0.580. The van der Waals surface area contributed by atoms with Gasteiger partial charge < -0.3 is 10.6 Å². The smallest absolute Gasteiger partial charge is 0.240 e. The maximum absolute atomic E-state index is 12.3. The van der Waals surface area contributed by atoms with Crippen LogP contribution in [0.25, 0.3) is 0 Å². The second-order valence-electron chi connectivity index (χ2n) is 5.34. The average Bonchev–Trinajstić information content (AvgIpc) is 3.21. The van der Waals surface area contributed by atoms with Crippen LogP contribution in [-0.4, -0.2) is 32.7 Å². The van der Waals surface area contributed by atoms with Gasteiger partial charge in [0.15, 0.2) is 5.11 Å². The zero-order valence-corrected chi connectivity index (χ0v) is 13.9. The lowest BCUT2D eigenvalue weighted by atomic mass is 10.2. The Hall–Kier alpha value is -1.18. The van der Waals surface area contributed by atoms with Gasteiger partial charge in [-0.2, -0.15) is 0 Å². The van der Waals surface area contributed by atoms with Crippen molar-refractivity contribution in [2.45, 2.75) is 37.6 Å². The normalized spacial score (nSPS) is 14.8. The molecule has 1 saturated carbocycles.